The molecule has 3 heteroatoms. The first kappa shape index (κ1) is 13.3. The van der Waals surface area contributed by atoms with Crippen molar-refractivity contribution < 1.29 is 4.79 Å². The van der Waals surface area contributed by atoms with Crippen molar-refractivity contribution in [3.63, 3.8) is 0 Å². The largest absolute Gasteiger partial charge is 0.352 e. The van der Waals surface area contributed by atoms with E-state index in [9.17, 15) is 4.79 Å². The molecule has 18 heavy (non-hydrogen) atoms. The topological polar surface area (TPSA) is 29.1 Å². The Balaban J connectivity index is 1.89. The number of hydrogen-bond acceptors (Lipinski definition) is 1. The highest BCUT2D eigenvalue weighted by Crippen LogP contribution is 2.20. The minimum atomic E-state index is 0.00386. The van der Waals surface area contributed by atoms with Gasteiger partial charge >= 0.3 is 0 Å². The van der Waals surface area contributed by atoms with Crippen LogP contribution in [0.25, 0.3) is 0 Å². The molecule has 0 aliphatic heterocycles. The van der Waals surface area contributed by atoms with E-state index < -0.39 is 0 Å². The third-order valence-electron chi connectivity index (χ3n) is 3.23. The van der Waals surface area contributed by atoms with Gasteiger partial charge in [0.05, 0.1) is 5.56 Å². The number of amides is 1. The van der Waals surface area contributed by atoms with E-state index in [2.05, 4.69) is 27.3 Å². The monoisotopic (exact) mass is 307 g/mol. The number of aryl methyl sites for hydroxylation is 1. The van der Waals surface area contributed by atoms with E-state index in [4.69, 9.17) is 0 Å². The number of allylic oxidation sites excluding steroid dienone is 1. The van der Waals surface area contributed by atoms with E-state index in [-0.39, 0.29) is 5.91 Å². The molecule has 1 aliphatic rings. The summed E-state index contributed by atoms with van der Waals surface area (Å²) in [5.74, 6) is 0.00386. The first-order chi connectivity index (χ1) is 8.66. The second kappa shape index (κ2) is 6.19. The van der Waals surface area contributed by atoms with E-state index >= 15 is 0 Å². The molecule has 2 rings (SSSR count). The smallest absolute Gasteiger partial charge is 0.252 e. The van der Waals surface area contributed by atoms with Gasteiger partial charge in [0.15, 0.2) is 0 Å². The van der Waals surface area contributed by atoms with Crippen LogP contribution in [0.15, 0.2) is 34.3 Å². The quantitative estimate of drug-likeness (QED) is 0.837. The van der Waals surface area contributed by atoms with Gasteiger partial charge in [-0.05, 0) is 60.7 Å². The van der Waals surface area contributed by atoms with Crippen molar-refractivity contribution in [3.05, 3.63) is 45.4 Å². The van der Waals surface area contributed by atoms with E-state index in [1.54, 1.807) is 0 Å². The van der Waals surface area contributed by atoms with Gasteiger partial charge in [-0.2, -0.15) is 0 Å². The number of benzene rings is 1. The Labute approximate surface area is 117 Å². The molecule has 0 spiro atoms. The molecule has 0 aromatic heterocycles. The van der Waals surface area contributed by atoms with Gasteiger partial charge in [-0.15, -0.1) is 0 Å². The first-order valence-electron chi connectivity index (χ1n) is 6.39. The summed E-state index contributed by atoms with van der Waals surface area (Å²) in [5, 5.41) is 2.98. The fourth-order valence-corrected chi connectivity index (χ4v) is 2.64. The zero-order valence-electron chi connectivity index (χ0n) is 10.6. The maximum atomic E-state index is 12.0. The second-order valence-electron chi connectivity index (χ2n) is 4.74. The zero-order chi connectivity index (χ0) is 13.0. The summed E-state index contributed by atoms with van der Waals surface area (Å²) in [6.07, 6.45) is 6.95. The molecule has 0 saturated carbocycles. The molecular weight excluding hydrogens is 290 g/mol. The molecule has 96 valence electrons. The van der Waals surface area contributed by atoms with Crippen LogP contribution in [-0.4, -0.2) is 12.5 Å². The Morgan fingerprint density at radius 2 is 2.28 bits per heavy atom. The fourth-order valence-electron chi connectivity index (χ4n) is 2.21. The number of halogens is 1. The van der Waals surface area contributed by atoms with E-state index in [1.165, 1.54) is 24.8 Å². The maximum absolute atomic E-state index is 12.0. The molecule has 1 aromatic rings. The highest BCUT2D eigenvalue weighted by molar-refractivity contribution is 9.10. The van der Waals surface area contributed by atoms with E-state index in [0.717, 1.165) is 28.6 Å². The van der Waals surface area contributed by atoms with Crippen molar-refractivity contribution in [1.82, 2.24) is 5.32 Å². The van der Waals surface area contributed by atoms with Crippen LogP contribution < -0.4 is 5.32 Å². The molecule has 1 amide bonds. The van der Waals surface area contributed by atoms with Crippen molar-refractivity contribution in [3.8, 4) is 0 Å². The number of rotatable bonds is 4. The first-order valence-corrected chi connectivity index (χ1v) is 7.18. The highest BCUT2D eigenvalue weighted by atomic mass is 79.9. The summed E-state index contributed by atoms with van der Waals surface area (Å²) < 4.78 is 0.852. The molecule has 1 aliphatic carbocycles. The van der Waals surface area contributed by atoms with Crippen molar-refractivity contribution in [2.45, 2.75) is 32.6 Å². The molecule has 0 radical (unpaired) electrons. The van der Waals surface area contributed by atoms with Gasteiger partial charge in [-0.25, -0.2) is 0 Å². The molecule has 0 fully saturated rings. The summed E-state index contributed by atoms with van der Waals surface area (Å²) >= 11 is 3.42. The molecule has 2 nitrogen and oxygen atoms in total. The Hall–Kier alpha value is -1.09. The number of carbonyl (C=O) groups is 1. The summed E-state index contributed by atoms with van der Waals surface area (Å²) in [4.78, 5) is 12.0. The Morgan fingerprint density at radius 3 is 3.00 bits per heavy atom. The van der Waals surface area contributed by atoms with Gasteiger partial charge in [0.1, 0.15) is 0 Å². The lowest BCUT2D eigenvalue weighted by Crippen LogP contribution is -2.25. The zero-order valence-corrected chi connectivity index (χ0v) is 12.2. The van der Waals surface area contributed by atoms with Gasteiger partial charge < -0.3 is 5.32 Å². The van der Waals surface area contributed by atoms with Gasteiger partial charge in [-0.1, -0.05) is 23.3 Å². The molecule has 0 atom stereocenters. The van der Waals surface area contributed by atoms with Crippen molar-refractivity contribution in [2.24, 2.45) is 0 Å². The summed E-state index contributed by atoms with van der Waals surface area (Å²) in [6, 6.07) is 5.82. The van der Waals surface area contributed by atoms with E-state index in [1.807, 2.05) is 25.1 Å². The van der Waals surface area contributed by atoms with Crippen molar-refractivity contribution >= 4 is 21.8 Å². The summed E-state index contributed by atoms with van der Waals surface area (Å²) in [6.45, 7) is 2.72. The Morgan fingerprint density at radius 1 is 1.44 bits per heavy atom. The van der Waals surface area contributed by atoms with Gasteiger partial charge in [0.25, 0.3) is 5.91 Å². The van der Waals surface area contributed by atoms with Crippen molar-refractivity contribution in [1.29, 1.82) is 0 Å². The minimum absolute atomic E-state index is 0.00386. The molecule has 1 aromatic carbocycles. The SMILES string of the molecule is Cc1ccc(Br)c(C(=O)NCCC2=CCCC2)c1. The third kappa shape index (κ3) is 3.45. The summed E-state index contributed by atoms with van der Waals surface area (Å²) in [7, 11) is 0. The Bertz CT molecular complexity index is 479. The van der Waals surface area contributed by atoms with Gasteiger partial charge in [0, 0.05) is 11.0 Å². The van der Waals surface area contributed by atoms with Crippen LogP contribution in [0.5, 0.6) is 0 Å². The Kier molecular flexibility index (Phi) is 4.59. The minimum Gasteiger partial charge on any atom is -0.352 e. The standard InChI is InChI=1S/C15H18BrNO/c1-11-6-7-14(16)13(10-11)15(18)17-9-8-12-4-2-3-5-12/h4,6-7,10H,2-3,5,8-9H2,1H3,(H,17,18). The van der Waals surface area contributed by atoms with Gasteiger partial charge in [-0.3, -0.25) is 4.79 Å². The predicted octanol–water partition coefficient (Wildman–Crippen LogP) is 3.99. The number of carbonyl (C=O) groups excluding carboxylic acids is 1. The van der Waals surface area contributed by atoms with Crippen LogP contribution in [0, 0.1) is 6.92 Å². The van der Waals surface area contributed by atoms with Crippen LogP contribution in [0.2, 0.25) is 0 Å². The number of nitrogens with one attached hydrogen (secondary N) is 1. The molecule has 0 heterocycles. The molecular formula is C15H18BrNO. The average molecular weight is 308 g/mol. The fraction of sp³-hybridized carbons (Fsp3) is 0.400. The predicted molar refractivity (Wildman–Crippen MR) is 77.8 cm³/mol. The molecule has 0 bridgehead atoms. The van der Waals surface area contributed by atoms with Crippen LogP contribution in [0.1, 0.15) is 41.6 Å². The molecule has 1 N–H and O–H groups in total. The molecule has 0 saturated heterocycles. The van der Waals surface area contributed by atoms with Gasteiger partial charge in [0.2, 0.25) is 0 Å². The van der Waals surface area contributed by atoms with Crippen molar-refractivity contribution in [2.75, 3.05) is 6.54 Å². The third-order valence-corrected chi connectivity index (χ3v) is 3.92. The normalized spacial score (nSPS) is 14.4. The molecule has 0 unspecified atom stereocenters. The highest BCUT2D eigenvalue weighted by Gasteiger charge is 2.10. The van der Waals surface area contributed by atoms with Crippen LogP contribution in [-0.2, 0) is 0 Å². The van der Waals surface area contributed by atoms with Crippen LogP contribution in [0.4, 0.5) is 0 Å². The second-order valence-corrected chi connectivity index (χ2v) is 5.60. The lowest BCUT2D eigenvalue weighted by atomic mass is 10.1. The lowest BCUT2D eigenvalue weighted by molar-refractivity contribution is 0.0953. The summed E-state index contributed by atoms with van der Waals surface area (Å²) in [5.41, 5.74) is 3.30. The number of hydrogen-bond donors (Lipinski definition) is 1. The van der Waals surface area contributed by atoms with Crippen LogP contribution in [0.3, 0.4) is 0 Å². The maximum Gasteiger partial charge on any atom is 0.252 e. The van der Waals surface area contributed by atoms with Crippen LogP contribution >= 0.6 is 15.9 Å². The van der Waals surface area contributed by atoms with E-state index in [0.29, 0.717) is 0 Å². The lowest BCUT2D eigenvalue weighted by Gasteiger charge is -2.08. The average Bonchev–Trinajstić information content (AvgIpc) is 2.85.